The smallest absolute Gasteiger partial charge is 0.179 e. The molecule has 11 heavy (non-hydrogen) atoms. The van der Waals surface area contributed by atoms with Gasteiger partial charge in [0.1, 0.15) is 0 Å². The normalized spacial score (nSPS) is 12.6. The average Bonchev–Trinajstić information content (AvgIpc) is 2.03. The Labute approximate surface area is 69.2 Å². The van der Waals surface area contributed by atoms with Crippen LogP contribution in [-0.4, -0.2) is 19.5 Å². The van der Waals surface area contributed by atoms with Gasteiger partial charge in [0.15, 0.2) is 6.29 Å². The lowest BCUT2D eigenvalue weighted by Crippen LogP contribution is -2.18. The molecule has 0 aliphatic rings. The lowest BCUT2D eigenvalue weighted by Gasteiger charge is -2.16. The van der Waals surface area contributed by atoms with Crippen LogP contribution >= 0.6 is 0 Å². The topological polar surface area (TPSA) is 18.5 Å². The molecule has 0 rings (SSSR count). The minimum atomic E-state index is -0.144. The van der Waals surface area contributed by atoms with Crippen LogP contribution in [-0.2, 0) is 9.47 Å². The quantitative estimate of drug-likeness (QED) is 0.451. The summed E-state index contributed by atoms with van der Waals surface area (Å²) < 4.78 is 10.7. The molecule has 0 N–H and O–H groups in total. The molecule has 0 aromatic carbocycles. The maximum Gasteiger partial charge on any atom is 0.179 e. The van der Waals surface area contributed by atoms with E-state index in [-0.39, 0.29) is 6.29 Å². The second kappa shape index (κ2) is 6.38. The molecule has 0 aromatic heterocycles. The molecule has 0 aliphatic heterocycles. The van der Waals surface area contributed by atoms with Gasteiger partial charge in [-0.05, 0) is 33.3 Å². The molecule has 2 nitrogen and oxygen atoms in total. The first-order valence-electron chi connectivity index (χ1n) is 4.12. The molecule has 0 radical (unpaired) electrons. The number of allylic oxidation sites excluding steroid dienone is 1. The second-order valence-corrected chi connectivity index (χ2v) is 2.28. The van der Waals surface area contributed by atoms with Gasteiger partial charge in [-0.3, -0.25) is 0 Å². The molecule has 0 heterocycles. The Morgan fingerprint density at radius 1 is 1.27 bits per heavy atom. The van der Waals surface area contributed by atoms with Gasteiger partial charge in [0.05, 0.1) is 0 Å². The van der Waals surface area contributed by atoms with Gasteiger partial charge in [0, 0.05) is 13.2 Å². The Morgan fingerprint density at radius 3 is 2.00 bits per heavy atom. The van der Waals surface area contributed by atoms with Crippen LogP contribution in [0.5, 0.6) is 0 Å². The van der Waals surface area contributed by atoms with Gasteiger partial charge in [-0.25, -0.2) is 0 Å². The number of hydrogen-bond donors (Lipinski definition) is 0. The third kappa shape index (κ3) is 4.17. The molecule has 0 saturated heterocycles. The van der Waals surface area contributed by atoms with Crippen LogP contribution in [0.2, 0.25) is 0 Å². The predicted molar refractivity (Wildman–Crippen MR) is 46.5 cm³/mol. The molecule has 0 atom stereocenters. The second-order valence-electron chi connectivity index (χ2n) is 2.28. The van der Waals surface area contributed by atoms with Crippen LogP contribution in [0.1, 0.15) is 27.7 Å². The van der Waals surface area contributed by atoms with E-state index in [9.17, 15) is 0 Å². The van der Waals surface area contributed by atoms with Crippen molar-refractivity contribution in [1.29, 1.82) is 0 Å². The van der Waals surface area contributed by atoms with Crippen molar-refractivity contribution >= 4 is 0 Å². The van der Waals surface area contributed by atoms with Gasteiger partial charge in [0.25, 0.3) is 0 Å². The van der Waals surface area contributed by atoms with Crippen LogP contribution in [0.15, 0.2) is 11.6 Å². The lowest BCUT2D eigenvalue weighted by molar-refractivity contribution is -0.111. The average molecular weight is 158 g/mol. The monoisotopic (exact) mass is 158 g/mol. The van der Waals surface area contributed by atoms with E-state index in [1.165, 1.54) is 0 Å². The third-order valence-electron chi connectivity index (χ3n) is 1.46. The zero-order valence-electron chi connectivity index (χ0n) is 7.89. The molecule has 0 spiro atoms. The summed E-state index contributed by atoms with van der Waals surface area (Å²) in [6, 6.07) is 0. The van der Waals surface area contributed by atoms with Gasteiger partial charge in [-0.1, -0.05) is 6.08 Å². The molecule has 0 saturated carbocycles. The van der Waals surface area contributed by atoms with Crippen molar-refractivity contribution in [2.24, 2.45) is 0 Å². The van der Waals surface area contributed by atoms with Crippen molar-refractivity contribution in [2.75, 3.05) is 13.2 Å². The SMILES string of the molecule is C/C=C(\C)C(OCC)OCC. The van der Waals surface area contributed by atoms with Crippen molar-refractivity contribution in [2.45, 2.75) is 34.0 Å². The van der Waals surface area contributed by atoms with Crippen LogP contribution in [0.3, 0.4) is 0 Å². The Balaban J connectivity index is 3.87. The summed E-state index contributed by atoms with van der Waals surface area (Å²) in [5.74, 6) is 0. The minimum Gasteiger partial charge on any atom is -0.349 e. The van der Waals surface area contributed by atoms with Gasteiger partial charge >= 0.3 is 0 Å². The van der Waals surface area contributed by atoms with Crippen molar-refractivity contribution in [1.82, 2.24) is 0 Å². The summed E-state index contributed by atoms with van der Waals surface area (Å²) in [7, 11) is 0. The molecule has 0 fully saturated rings. The summed E-state index contributed by atoms with van der Waals surface area (Å²) in [6.07, 6.45) is 1.87. The first-order chi connectivity index (χ1) is 5.26. The summed E-state index contributed by atoms with van der Waals surface area (Å²) in [6.45, 7) is 9.31. The molecule has 0 aromatic rings. The molecule has 0 amide bonds. The molecule has 66 valence electrons. The molecular weight excluding hydrogens is 140 g/mol. The minimum absolute atomic E-state index is 0.144. The summed E-state index contributed by atoms with van der Waals surface area (Å²) in [5, 5.41) is 0. The van der Waals surface area contributed by atoms with Gasteiger partial charge in [-0.2, -0.15) is 0 Å². The Bertz CT molecular complexity index is 113. The van der Waals surface area contributed by atoms with E-state index < -0.39 is 0 Å². The standard InChI is InChI=1S/C9H18O2/c1-5-8(4)9(10-6-2)11-7-3/h5,9H,6-7H2,1-4H3/b8-5+. The van der Waals surface area contributed by atoms with E-state index in [2.05, 4.69) is 0 Å². The fourth-order valence-electron chi connectivity index (χ4n) is 0.750. The molecule has 2 heteroatoms. The third-order valence-corrected chi connectivity index (χ3v) is 1.46. The van der Waals surface area contributed by atoms with Crippen LogP contribution < -0.4 is 0 Å². The Kier molecular flexibility index (Phi) is 6.18. The van der Waals surface area contributed by atoms with Gasteiger partial charge < -0.3 is 9.47 Å². The van der Waals surface area contributed by atoms with Crippen LogP contribution in [0.25, 0.3) is 0 Å². The van der Waals surface area contributed by atoms with E-state index >= 15 is 0 Å². The first-order valence-corrected chi connectivity index (χ1v) is 4.12. The van der Waals surface area contributed by atoms with Crippen molar-refractivity contribution in [3.8, 4) is 0 Å². The van der Waals surface area contributed by atoms with E-state index in [0.29, 0.717) is 13.2 Å². The zero-order chi connectivity index (χ0) is 8.69. The van der Waals surface area contributed by atoms with Gasteiger partial charge in [-0.15, -0.1) is 0 Å². The lowest BCUT2D eigenvalue weighted by atomic mass is 10.3. The van der Waals surface area contributed by atoms with E-state index in [0.717, 1.165) is 5.57 Å². The van der Waals surface area contributed by atoms with Gasteiger partial charge in [0.2, 0.25) is 0 Å². The highest BCUT2D eigenvalue weighted by Gasteiger charge is 2.07. The van der Waals surface area contributed by atoms with Crippen LogP contribution in [0, 0.1) is 0 Å². The molecular formula is C9H18O2. The van der Waals surface area contributed by atoms with Crippen molar-refractivity contribution in [3.63, 3.8) is 0 Å². The van der Waals surface area contributed by atoms with Crippen molar-refractivity contribution < 1.29 is 9.47 Å². The Morgan fingerprint density at radius 2 is 1.73 bits per heavy atom. The fourth-order valence-corrected chi connectivity index (χ4v) is 0.750. The van der Waals surface area contributed by atoms with E-state index in [4.69, 9.17) is 9.47 Å². The molecule has 0 bridgehead atoms. The highest BCUT2D eigenvalue weighted by Crippen LogP contribution is 2.07. The van der Waals surface area contributed by atoms with E-state index in [1.54, 1.807) is 0 Å². The summed E-state index contributed by atoms with van der Waals surface area (Å²) in [5.41, 5.74) is 1.13. The summed E-state index contributed by atoms with van der Waals surface area (Å²) >= 11 is 0. The fraction of sp³-hybridized carbons (Fsp3) is 0.778. The zero-order valence-corrected chi connectivity index (χ0v) is 7.89. The predicted octanol–water partition coefficient (Wildman–Crippen LogP) is 2.35. The van der Waals surface area contributed by atoms with E-state index in [1.807, 2.05) is 33.8 Å². The van der Waals surface area contributed by atoms with Crippen LogP contribution in [0.4, 0.5) is 0 Å². The molecule has 0 unspecified atom stereocenters. The van der Waals surface area contributed by atoms with Crippen molar-refractivity contribution in [3.05, 3.63) is 11.6 Å². The maximum atomic E-state index is 5.34. The summed E-state index contributed by atoms with van der Waals surface area (Å²) in [4.78, 5) is 0. The number of hydrogen-bond acceptors (Lipinski definition) is 2. The molecule has 0 aliphatic carbocycles. The largest absolute Gasteiger partial charge is 0.349 e. The highest BCUT2D eigenvalue weighted by molar-refractivity contribution is 4.99. The maximum absolute atomic E-state index is 5.34. The number of ether oxygens (including phenoxy) is 2. The highest BCUT2D eigenvalue weighted by atomic mass is 16.7. The number of rotatable bonds is 5. The first kappa shape index (κ1) is 10.7. The Hall–Kier alpha value is -0.340.